The second-order valence-electron chi connectivity index (χ2n) is 8.33. The quantitative estimate of drug-likeness (QED) is 0.644. The Balaban J connectivity index is 1.47. The highest BCUT2D eigenvalue weighted by Crippen LogP contribution is 2.24. The molecule has 8 nitrogen and oxygen atoms in total. The monoisotopic (exact) mass is 432 g/mol. The highest BCUT2D eigenvalue weighted by molar-refractivity contribution is 5.96. The van der Waals surface area contributed by atoms with E-state index in [-0.39, 0.29) is 34.7 Å². The summed E-state index contributed by atoms with van der Waals surface area (Å²) in [5.74, 6) is -0.380. The van der Waals surface area contributed by atoms with Gasteiger partial charge in [0.1, 0.15) is 5.56 Å². The van der Waals surface area contributed by atoms with Crippen LogP contribution in [0.25, 0.3) is 0 Å². The maximum Gasteiger partial charge on any atom is 0.291 e. The Hall–Kier alpha value is -3.68. The van der Waals surface area contributed by atoms with Gasteiger partial charge in [0, 0.05) is 31.9 Å². The third-order valence-electron chi connectivity index (χ3n) is 6.02. The number of carbonyl (C=O) groups excluding carboxylic acids is 2. The van der Waals surface area contributed by atoms with Crippen molar-refractivity contribution >= 4 is 11.8 Å². The van der Waals surface area contributed by atoms with E-state index < -0.39 is 0 Å². The predicted molar refractivity (Wildman–Crippen MR) is 116 cm³/mol. The van der Waals surface area contributed by atoms with Gasteiger partial charge in [-0.05, 0) is 42.4 Å². The van der Waals surface area contributed by atoms with Crippen LogP contribution in [0.4, 0.5) is 0 Å². The van der Waals surface area contributed by atoms with Gasteiger partial charge in [0.2, 0.25) is 5.76 Å². The fraction of sp³-hybridized carbons (Fsp3) is 0.333. The Kier molecular flexibility index (Phi) is 5.34. The number of nitrogens with one attached hydrogen (secondary N) is 1. The molecule has 0 radical (unpaired) electrons. The Morgan fingerprint density at radius 1 is 1.19 bits per heavy atom. The van der Waals surface area contributed by atoms with Crippen molar-refractivity contribution in [3.05, 3.63) is 87.5 Å². The Bertz CT molecular complexity index is 1200. The minimum absolute atomic E-state index is 0.156. The average Bonchev–Trinajstić information content (AvgIpc) is 3.45. The summed E-state index contributed by atoms with van der Waals surface area (Å²) in [6.45, 7) is 1.17. The van der Waals surface area contributed by atoms with Crippen molar-refractivity contribution in [2.24, 2.45) is 0 Å². The molecule has 8 heteroatoms. The second kappa shape index (κ2) is 8.45. The Labute approximate surface area is 184 Å². The number of hydrogen-bond acceptors (Lipinski definition) is 5. The molecule has 2 aliphatic rings. The van der Waals surface area contributed by atoms with Crippen LogP contribution in [0.15, 0.2) is 58.3 Å². The number of rotatable bonds is 6. The number of fused-ring (bicyclic) bond motifs is 1. The summed E-state index contributed by atoms with van der Waals surface area (Å²) in [5.41, 5.74) is 2.62. The Morgan fingerprint density at radius 3 is 2.72 bits per heavy atom. The number of nitrogens with zero attached hydrogens (tertiary/aromatic N) is 3. The number of aromatic nitrogens is 2. The molecule has 32 heavy (non-hydrogen) atoms. The first-order chi connectivity index (χ1) is 15.6. The maximum atomic E-state index is 13.3. The molecule has 0 unspecified atom stereocenters. The summed E-state index contributed by atoms with van der Waals surface area (Å²) in [6.07, 6.45) is 7.43. The average molecular weight is 432 g/mol. The van der Waals surface area contributed by atoms with Crippen LogP contribution in [0.5, 0.6) is 0 Å². The minimum atomic E-state index is -0.308. The normalized spacial score (nSPS) is 15.3. The zero-order valence-electron chi connectivity index (χ0n) is 17.6. The molecule has 3 heterocycles. The van der Waals surface area contributed by atoms with Gasteiger partial charge >= 0.3 is 0 Å². The van der Waals surface area contributed by atoms with Crippen LogP contribution in [0.3, 0.4) is 0 Å². The highest BCUT2D eigenvalue weighted by atomic mass is 16.3. The molecule has 0 spiro atoms. The topological polar surface area (TPSA) is 97.4 Å². The van der Waals surface area contributed by atoms with Crippen LogP contribution in [0, 0.1) is 0 Å². The molecule has 1 saturated carbocycles. The number of hydrogen-bond donors (Lipinski definition) is 1. The molecule has 1 aliphatic carbocycles. The molecular weight excluding hydrogens is 408 g/mol. The largest absolute Gasteiger partial charge is 0.438 e. The van der Waals surface area contributed by atoms with Crippen molar-refractivity contribution in [3.8, 4) is 0 Å². The molecule has 164 valence electrons. The van der Waals surface area contributed by atoms with Crippen molar-refractivity contribution in [2.45, 2.75) is 44.8 Å². The summed E-state index contributed by atoms with van der Waals surface area (Å²) in [5, 5.41) is 2.96. The number of oxazole rings is 1. The highest BCUT2D eigenvalue weighted by Gasteiger charge is 2.31. The molecule has 0 saturated heterocycles. The maximum absolute atomic E-state index is 13.3. The van der Waals surface area contributed by atoms with Crippen molar-refractivity contribution in [1.29, 1.82) is 0 Å². The standard InChI is InChI=1S/C24H24N4O4/c29-22(26-18-6-7-18)21-19-9-11-27(23(30)20-12-25-15-32-20)13-17(19)14-28(24(21)31)10-8-16-4-2-1-3-5-16/h1-5,12,14-15,18H,6-11,13H2,(H,26,29). The van der Waals surface area contributed by atoms with Crippen molar-refractivity contribution in [1.82, 2.24) is 19.8 Å². The lowest BCUT2D eigenvalue weighted by Crippen LogP contribution is -2.41. The third-order valence-corrected chi connectivity index (χ3v) is 6.02. The van der Waals surface area contributed by atoms with E-state index in [1.54, 1.807) is 15.7 Å². The van der Waals surface area contributed by atoms with Gasteiger partial charge in [0.05, 0.1) is 6.20 Å². The molecule has 1 aromatic carbocycles. The SMILES string of the molecule is O=C(NC1CC1)c1c2c(cn(CCc3ccccc3)c1=O)CN(C(=O)c1cnco1)CC2. The first-order valence-electron chi connectivity index (χ1n) is 10.9. The molecule has 1 fully saturated rings. The lowest BCUT2D eigenvalue weighted by atomic mass is 9.95. The smallest absolute Gasteiger partial charge is 0.291 e. The van der Waals surface area contributed by atoms with E-state index in [0.29, 0.717) is 32.5 Å². The number of benzene rings is 1. The van der Waals surface area contributed by atoms with E-state index in [1.807, 2.05) is 30.3 Å². The molecule has 2 amide bonds. The van der Waals surface area contributed by atoms with E-state index in [1.165, 1.54) is 12.6 Å². The van der Waals surface area contributed by atoms with Crippen LogP contribution in [-0.2, 0) is 25.9 Å². The minimum Gasteiger partial charge on any atom is -0.438 e. The van der Waals surface area contributed by atoms with Crippen LogP contribution in [-0.4, -0.2) is 38.9 Å². The van der Waals surface area contributed by atoms with Gasteiger partial charge < -0.3 is 19.2 Å². The summed E-state index contributed by atoms with van der Waals surface area (Å²) in [6, 6.07) is 10.1. The molecule has 0 bridgehead atoms. The fourth-order valence-electron chi connectivity index (χ4n) is 4.14. The van der Waals surface area contributed by atoms with Gasteiger partial charge in [-0.2, -0.15) is 0 Å². The van der Waals surface area contributed by atoms with Gasteiger partial charge in [-0.15, -0.1) is 0 Å². The lowest BCUT2D eigenvalue weighted by Gasteiger charge is -2.30. The first-order valence-corrected chi connectivity index (χ1v) is 10.9. The summed E-state index contributed by atoms with van der Waals surface area (Å²) < 4.78 is 6.77. The van der Waals surface area contributed by atoms with Gasteiger partial charge in [0.15, 0.2) is 6.39 Å². The molecule has 1 aliphatic heterocycles. The zero-order valence-corrected chi connectivity index (χ0v) is 17.6. The van der Waals surface area contributed by atoms with Crippen LogP contribution < -0.4 is 10.9 Å². The van der Waals surface area contributed by atoms with Gasteiger partial charge in [-0.1, -0.05) is 30.3 Å². The van der Waals surface area contributed by atoms with Gasteiger partial charge in [-0.25, -0.2) is 4.98 Å². The summed E-state index contributed by atoms with van der Waals surface area (Å²) in [4.78, 5) is 44.5. The van der Waals surface area contributed by atoms with Gasteiger partial charge in [-0.3, -0.25) is 14.4 Å². The van der Waals surface area contributed by atoms with Crippen LogP contribution >= 0.6 is 0 Å². The van der Waals surface area contributed by atoms with Gasteiger partial charge in [0.25, 0.3) is 17.4 Å². The van der Waals surface area contributed by atoms with Crippen LogP contribution in [0.2, 0.25) is 0 Å². The molecule has 1 N–H and O–H groups in total. The predicted octanol–water partition coefficient (Wildman–Crippen LogP) is 2.17. The lowest BCUT2D eigenvalue weighted by molar-refractivity contribution is 0.0701. The molecule has 2 aromatic heterocycles. The zero-order chi connectivity index (χ0) is 22.1. The number of amides is 2. The molecule has 5 rings (SSSR count). The van der Waals surface area contributed by atoms with Crippen molar-refractivity contribution in [3.63, 3.8) is 0 Å². The Morgan fingerprint density at radius 2 is 2.00 bits per heavy atom. The van der Waals surface area contributed by atoms with E-state index in [2.05, 4.69) is 10.3 Å². The van der Waals surface area contributed by atoms with E-state index in [9.17, 15) is 14.4 Å². The number of pyridine rings is 1. The fourth-order valence-corrected chi connectivity index (χ4v) is 4.14. The summed E-state index contributed by atoms with van der Waals surface area (Å²) >= 11 is 0. The van der Waals surface area contributed by atoms with E-state index in [0.717, 1.165) is 29.5 Å². The molecule has 0 atom stereocenters. The van der Waals surface area contributed by atoms with Crippen LogP contribution in [0.1, 0.15) is 50.4 Å². The summed E-state index contributed by atoms with van der Waals surface area (Å²) in [7, 11) is 0. The first kappa shape index (κ1) is 20.2. The van der Waals surface area contributed by atoms with Crippen molar-refractivity contribution in [2.75, 3.05) is 6.54 Å². The number of aryl methyl sites for hydroxylation is 2. The molecule has 3 aromatic rings. The van der Waals surface area contributed by atoms with Crippen molar-refractivity contribution < 1.29 is 14.0 Å². The molecular formula is C24H24N4O4. The second-order valence-corrected chi connectivity index (χ2v) is 8.33. The number of carbonyl (C=O) groups is 2. The van der Waals surface area contributed by atoms with E-state index in [4.69, 9.17) is 4.42 Å². The van der Waals surface area contributed by atoms with E-state index >= 15 is 0 Å². The third kappa shape index (κ3) is 4.08.